The van der Waals surface area contributed by atoms with E-state index in [9.17, 15) is 0 Å². The van der Waals surface area contributed by atoms with Crippen molar-refractivity contribution in [2.24, 2.45) is 0 Å². The normalized spacial score (nSPS) is 14.0. The van der Waals surface area contributed by atoms with Crippen LogP contribution in [0.5, 0.6) is 0 Å². The molecule has 2 rings (SSSR count). The van der Waals surface area contributed by atoms with Crippen LogP contribution in [0, 0.1) is 0 Å². The van der Waals surface area contributed by atoms with Gasteiger partial charge in [-0.3, -0.25) is 4.98 Å². The Morgan fingerprint density at radius 3 is 2.47 bits per heavy atom. The van der Waals surface area contributed by atoms with Gasteiger partial charge >= 0.3 is 0 Å². The first-order valence-electron chi connectivity index (χ1n) is 6.66. The van der Waals surface area contributed by atoms with Gasteiger partial charge in [0.1, 0.15) is 0 Å². The minimum atomic E-state index is 0.000550. The number of rotatable bonds is 4. The number of nitrogens with zero attached hydrogens (tertiary/aromatic N) is 2. The van der Waals surface area contributed by atoms with Gasteiger partial charge in [0.15, 0.2) is 0 Å². The lowest BCUT2D eigenvalue weighted by atomic mass is 9.86. The van der Waals surface area contributed by atoms with E-state index in [0.717, 1.165) is 0 Å². The van der Waals surface area contributed by atoms with Crippen molar-refractivity contribution >= 4 is 10.8 Å². The second kappa shape index (κ2) is 5.27. The summed E-state index contributed by atoms with van der Waals surface area (Å²) < 4.78 is 0. The molecular formula is C16H23N3. The predicted molar refractivity (Wildman–Crippen MR) is 81.3 cm³/mol. The molecule has 0 radical (unpaired) electrons. The maximum absolute atomic E-state index is 4.40. The summed E-state index contributed by atoms with van der Waals surface area (Å²) >= 11 is 0. The number of fused-ring (bicyclic) bond motifs is 1. The first-order chi connectivity index (χ1) is 8.98. The summed E-state index contributed by atoms with van der Waals surface area (Å²) in [7, 11) is 6.24. The van der Waals surface area contributed by atoms with E-state index in [-0.39, 0.29) is 11.6 Å². The van der Waals surface area contributed by atoms with Crippen LogP contribution in [0.2, 0.25) is 0 Å². The average Bonchev–Trinajstić information content (AvgIpc) is 2.39. The van der Waals surface area contributed by atoms with Crippen LogP contribution in [-0.2, 0) is 0 Å². The van der Waals surface area contributed by atoms with Crippen LogP contribution in [0.15, 0.2) is 36.7 Å². The lowest BCUT2D eigenvalue weighted by Crippen LogP contribution is -2.48. The second-order valence-electron chi connectivity index (χ2n) is 5.72. The Morgan fingerprint density at radius 2 is 1.84 bits per heavy atom. The third kappa shape index (κ3) is 2.48. The Bertz CT molecular complexity index is 555. The standard InChI is InChI=1S/C16H23N3/c1-16(2,19(4)5)15(17-3)14-11-18-10-12-8-6-7-9-13(12)14/h6-11,15,17H,1-5H3. The largest absolute Gasteiger partial charge is 0.311 e. The number of benzene rings is 1. The number of likely N-dealkylation sites (N-methyl/N-ethyl adjacent to an activating group) is 2. The number of pyridine rings is 1. The van der Waals surface area contributed by atoms with Crippen LogP contribution in [0.3, 0.4) is 0 Å². The monoisotopic (exact) mass is 257 g/mol. The fourth-order valence-corrected chi connectivity index (χ4v) is 2.52. The molecule has 1 heterocycles. The van der Waals surface area contributed by atoms with Crippen molar-refractivity contribution in [3.05, 3.63) is 42.2 Å². The second-order valence-corrected chi connectivity index (χ2v) is 5.72. The third-order valence-corrected chi connectivity index (χ3v) is 4.16. The summed E-state index contributed by atoms with van der Waals surface area (Å²) in [5.41, 5.74) is 1.25. The molecule has 19 heavy (non-hydrogen) atoms. The molecule has 0 aliphatic heterocycles. The van der Waals surface area contributed by atoms with Gasteiger partial charge in [-0.25, -0.2) is 0 Å². The minimum Gasteiger partial charge on any atom is -0.311 e. The fourth-order valence-electron chi connectivity index (χ4n) is 2.52. The van der Waals surface area contributed by atoms with Crippen molar-refractivity contribution in [3.63, 3.8) is 0 Å². The maximum atomic E-state index is 4.40. The summed E-state index contributed by atoms with van der Waals surface area (Å²) in [4.78, 5) is 6.64. The van der Waals surface area contributed by atoms with Gasteiger partial charge < -0.3 is 10.2 Å². The van der Waals surface area contributed by atoms with Crippen molar-refractivity contribution in [2.45, 2.75) is 25.4 Å². The molecule has 1 aromatic carbocycles. The van der Waals surface area contributed by atoms with Crippen molar-refractivity contribution in [1.29, 1.82) is 0 Å². The van der Waals surface area contributed by atoms with Crippen molar-refractivity contribution in [2.75, 3.05) is 21.1 Å². The van der Waals surface area contributed by atoms with Crippen molar-refractivity contribution < 1.29 is 0 Å². The highest BCUT2D eigenvalue weighted by Crippen LogP contribution is 2.32. The average molecular weight is 257 g/mol. The Labute approximate surface area is 115 Å². The van der Waals surface area contributed by atoms with Gasteiger partial charge in [0.2, 0.25) is 0 Å². The molecule has 2 aromatic rings. The van der Waals surface area contributed by atoms with E-state index in [1.165, 1.54) is 16.3 Å². The van der Waals surface area contributed by atoms with Crippen LogP contribution in [0.4, 0.5) is 0 Å². The van der Waals surface area contributed by atoms with Crippen LogP contribution in [0.25, 0.3) is 10.8 Å². The topological polar surface area (TPSA) is 28.2 Å². The van der Waals surface area contributed by atoms with Gasteiger partial charge in [-0.05, 0) is 45.9 Å². The number of nitrogens with one attached hydrogen (secondary N) is 1. The molecule has 0 aliphatic carbocycles. The summed E-state index contributed by atoms with van der Waals surface area (Å²) in [5, 5.41) is 5.91. The zero-order valence-electron chi connectivity index (χ0n) is 12.4. The zero-order valence-corrected chi connectivity index (χ0v) is 12.4. The molecule has 0 fully saturated rings. The first-order valence-corrected chi connectivity index (χ1v) is 6.66. The summed E-state index contributed by atoms with van der Waals surface area (Å²) in [6, 6.07) is 8.64. The molecule has 0 spiro atoms. The van der Waals surface area contributed by atoms with E-state index < -0.39 is 0 Å². The Balaban J connectivity index is 2.59. The lowest BCUT2D eigenvalue weighted by molar-refractivity contribution is 0.143. The van der Waals surface area contributed by atoms with Gasteiger partial charge in [-0.2, -0.15) is 0 Å². The van der Waals surface area contributed by atoms with Crippen LogP contribution in [0.1, 0.15) is 25.5 Å². The van der Waals surface area contributed by atoms with E-state index in [1.54, 1.807) is 0 Å². The fraction of sp³-hybridized carbons (Fsp3) is 0.438. The van der Waals surface area contributed by atoms with E-state index in [1.807, 2.05) is 19.4 Å². The van der Waals surface area contributed by atoms with Gasteiger partial charge in [-0.1, -0.05) is 24.3 Å². The Morgan fingerprint density at radius 1 is 1.16 bits per heavy atom. The lowest BCUT2D eigenvalue weighted by Gasteiger charge is -2.40. The van der Waals surface area contributed by atoms with E-state index in [0.29, 0.717) is 0 Å². The molecule has 1 atom stereocenters. The van der Waals surface area contributed by atoms with E-state index >= 15 is 0 Å². The van der Waals surface area contributed by atoms with E-state index in [4.69, 9.17) is 0 Å². The number of hydrogen-bond donors (Lipinski definition) is 1. The molecule has 0 bridgehead atoms. The predicted octanol–water partition coefficient (Wildman–Crippen LogP) is 2.84. The summed E-state index contributed by atoms with van der Waals surface area (Å²) in [5.74, 6) is 0. The van der Waals surface area contributed by atoms with Gasteiger partial charge in [0, 0.05) is 23.3 Å². The molecule has 1 unspecified atom stereocenters. The molecule has 1 N–H and O–H groups in total. The van der Waals surface area contributed by atoms with Crippen LogP contribution in [-0.4, -0.2) is 36.6 Å². The quantitative estimate of drug-likeness (QED) is 0.913. The molecule has 3 heteroatoms. The van der Waals surface area contributed by atoms with Crippen LogP contribution < -0.4 is 5.32 Å². The molecular weight excluding hydrogens is 234 g/mol. The molecule has 3 nitrogen and oxygen atoms in total. The molecule has 0 saturated carbocycles. The Hall–Kier alpha value is -1.45. The smallest absolute Gasteiger partial charge is 0.0520 e. The third-order valence-electron chi connectivity index (χ3n) is 4.16. The highest BCUT2D eigenvalue weighted by molar-refractivity contribution is 5.85. The summed E-state index contributed by atoms with van der Waals surface area (Å²) in [6.07, 6.45) is 3.91. The van der Waals surface area contributed by atoms with Crippen LogP contribution >= 0.6 is 0 Å². The van der Waals surface area contributed by atoms with Crippen molar-refractivity contribution in [3.8, 4) is 0 Å². The highest BCUT2D eigenvalue weighted by Gasteiger charge is 2.32. The molecule has 0 aliphatic rings. The molecule has 102 valence electrons. The molecule has 0 saturated heterocycles. The van der Waals surface area contributed by atoms with Gasteiger partial charge in [-0.15, -0.1) is 0 Å². The number of hydrogen-bond acceptors (Lipinski definition) is 3. The van der Waals surface area contributed by atoms with Crippen molar-refractivity contribution in [1.82, 2.24) is 15.2 Å². The Kier molecular flexibility index (Phi) is 3.88. The summed E-state index contributed by atoms with van der Waals surface area (Å²) in [6.45, 7) is 4.49. The maximum Gasteiger partial charge on any atom is 0.0520 e. The van der Waals surface area contributed by atoms with Gasteiger partial charge in [0.05, 0.1) is 6.04 Å². The first kappa shape index (κ1) is 14.0. The van der Waals surface area contributed by atoms with Gasteiger partial charge in [0.25, 0.3) is 0 Å². The SMILES string of the molecule is CNC(c1cncc2ccccc12)C(C)(C)N(C)C. The minimum absolute atomic E-state index is 0.000550. The zero-order chi connectivity index (χ0) is 14.0. The van der Waals surface area contributed by atoms with E-state index in [2.05, 4.69) is 67.4 Å². The molecule has 0 amide bonds. The molecule has 1 aromatic heterocycles. The highest BCUT2D eigenvalue weighted by atomic mass is 15.2. The number of aromatic nitrogens is 1.